The highest BCUT2D eigenvalue weighted by atomic mass is 32.2. The molecule has 0 amide bonds. The topological polar surface area (TPSA) is 70.8 Å². The molecule has 2 aliphatic rings. The third-order valence-electron chi connectivity index (χ3n) is 5.95. The number of methoxy groups -OCH3 is 3. The van der Waals surface area contributed by atoms with Gasteiger partial charge in [0.25, 0.3) is 0 Å². The van der Waals surface area contributed by atoms with E-state index in [1.165, 1.54) is 24.8 Å². The summed E-state index contributed by atoms with van der Waals surface area (Å²) in [5.41, 5.74) is 4.12. The molecule has 2 heterocycles. The molecule has 0 N–H and O–H groups in total. The Morgan fingerprint density at radius 1 is 0.969 bits per heavy atom. The summed E-state index contributed by atoms with van der Waals surface area (Å²) in [6.07, 6.45) is 4.97. The first-order valence-corrected chi connectivity index (χ1v) is 11.7. The van der Waals surface area contributed by atoms with Gasteiger partial charge < -0.3 is 14.2 Å². The number of thioether (sulfide) groups is 1. The lowest BCUT2D eigenvalue weighted by atomic mass is 10.0. The fourth-order valence-corrected chi connectivity index (χ4v) is 4.78. The van der Waals surface area contributed by atoms with Crippen molar-refractivity contribution in [2.75, 3.05) is 27.1 Å². The van der Waals surface area contributed by atoms with Crippen molar-refractivity contribution in [3.63, 3.8) is 0 Å². The molecule has 0 unspecified atom stereocenters. The second kappa shape index (κ2) is 8.86. The van der Waals surface area contributed by atoms with Gasteiger partial charge in [0.2, 0.25) is 5.16 Å². The van der Waals surface area contributed by atoms with Crippen LogP contribution in [0.15, 0.2) is 46.7 Å². The van der Waals surface area contributed by atoms with Gasteiger partial charge in [-0.05, 0) is 66.3 Å². The number of ether oxygens (including phenoxy) is 3. The van der Waals surface area contributed by atoms with E-state index >= 15 is 0 Å². The second-order valence-electron chi connectivity index (χ2n) is 8.03. The summed E-state index contributed by atoms with van der Waals surface area (Å²) in [6.45, 7) is 0. The number of aryl methyl sites for hydroxylation is 1. The van der Waals surface area contributed by atoms with E-state index in [2.05, 4.69) is 28.4 Å². The molecule has 2 aromatic carbocycles. The van der Waals surface area contributed by atoms with Crippen LogP contribution in [-0.2, 0) is 6.42 Å². The third kappa shape index (κ3) is 4.07. The van der Waals surface area contributed by atoms with Crippen LogP contribution in [-0.4, -0.2) is 47.7 Å². The average molecular weight is 451 g/mol. The first-order valence-electron chi connectivity index (χ1n) is 10.8. The first kappa shape index (κ1) is 20.9. The van der Waals surface area contributed by atoms with Crippen molar-refractivity contribution >= 4 is 17.5 Å². The van der Waals surface area contributed by atoms with Crippen molar-refractivity contribution in [1.29, 1.82) is 0 Å². The number of nitrogens with zero attached hydrogens (tertiary/aromatic N) is 4. The summed E-state index contributed by atoms with van der Waals surface area (Å²) in [4.78, 5) is 0. The SMILES string of the molecule is COc1ccc(OC)c(-c2nnc3n2N=C(c2ccc(OC)c(CCC4CC4)c2)CS3)c1. The Labute approximate surface area is 191 Å². The smallest absolute Gasteiger partial charge is 0.212 e. The minimum Gasteiger partial charge on any atom is -0.497 e. The molecule has 7 nitrogen and oxygen atoms in total. The molecule has 166 valence electrons. The van der Waals surface area contributed by atoms with Crippen LogP contribution in [0.3, 0.4) is 0 Å². The number of aromatic nitrogens is 3. The van der Waals surface area contributed by atoms with Crippen LogP contribution >= 0.6 is 11.8 Å². The predicted molar refractivity (Wildman–Crippen MR) is 125 cm³/mol. The summed E-state index contributed by atoms with van der Waals surface area (Å²) >= 11 is 1.63. The summed E-state index contributed by atoms with van der Waals surface area (Å²) < 4.78 is 18.4. The Hall–Kier alpha value is -3.00. The van der Waals surface area contributed by atoms with E-state index in [1.807, 2.05) is 18.2 Å². The molecule has 1 aliphatic heterocycles. The molecule has 1 aromatic heterocycles. The van der Waals surface area contributed by atoms with Gasteiger partial charge in [-0.1, -0.05) is 24.6 Å². The van der Waals surface area contributed by atoms with Gasteiger partial charge in [0.05, 0.1) is 32.6 Å². The van der Waals surface area contributed by atoms with Crippen molar-refractivity contribution in [3.8, 4) is 28.6 Å². The third-order valence-corrected chi connectivity index (χ3v) is 6.88. The first-order chi connectivity index (χ1) is 15.7. The minimum atomic E-state index is 0.628. The maximum Gasteiger partial charge on any atom is 0.212 e. The van der Waals surface area contributed by atoms with Crippen LogP contribution < -0.4 is 14.2 Å². The van der Waals surface area contributed by atoms with Gasteiger partial charge >= 0.3 is 0 Å². The highest BCUT2D eigenvalue weighted by molar-refractivity contribution is 7.99. The van der Waals surface area contributed by atoms with Gasteiger partial charge in [0.15, 0.2) is 5.82 Å². The standard InChI is InChI=1S/C24H26N4O3S/c1-29-18-9-11-22(31-3)19(13-18)23-25-26-24-28(23)27-20(14-32-24)16-8-10-21(30-2)17(12-16)7-6-15-4-5-15/h8-13,15H,4-7,14H2,1-3H3. The van der Waals surface area contributed by atoms with Gasteiger partial charge in [0.1, 0.15) is 17.2 Å². The molecule has 0 atom stereocenters. The normalized spacial score (nSPS) is 15.2. The molecule has 1 aliphatic carbocycles. The van der Waals surface area contributed by atoms with E-state index in [1.54, 1.807) is 37.8 Å². The van der Waals surface area contributed by atoms with Crippen LogP contribution in [0.1, 0.15) is 30.4 Å². The number of rotatable bonds is 8. The van der Waals surface area contributed by atoms with Crippen molar-refractivity contribution in [2.24, 2.45) is 11.0 Å². The second-order valence-corrected chi connectivity index (χ2v) is 8.97. The Morgan fingerprint density at radius 3 is 2.53 bits per heavy atom. The molecule has 32 heavy (non-hydrogen) atoms. The highest BCUT2D eigenvalue weighted by Crippen LogP contribution is 2.37. The van der Waals surface area contributed by atoms with Gasteiger partial charge in [-0.3, -0.25) is 0 Å². The fourth-order valence-electron chi connectivity index (χ4n) is 3.95. The zero-order valence-corrected chi connectivity index (χ0v) is 19.3. The Morgan fingerprint density at radius 2 is 1.78 bits per heavy atom. The number of fused-ring (bicyclic) bond motifs is 1. The molecule has 0 saturated heterocycles. The largest absolute Gasteiger partial charge is 0.497 e. The summed E-state index contributed by atoms with van der Waals surface area (Å²) in [5, 5.41) is 14.5. The van der Waals surface area contributed by atoms with Gasteiger partial charge in [-0.2, -0.15) is 9.78 Å². The summed E-state index contributed by atoms with van der Waals surface area (Å²) in [6, 6.07) is 12.0. The molecular weight excluding hydrogens is 424 g/mol. The number of benzene rings is 2. The lowest BCUT2D eigenvalue weighted by Gasteiger charge is -2.17. The quantitative estimate of drug-likeness (QED) is 0.497. The molecule has 0 bridgehead atoms. The zero-order valence-electron chi connectivity index (χ0n) is 18.5. The van der Waals surface area contributed by atoms with Gasteiger partial charge in [0, 0.05) is 5.75 Å². The molecule has 1 saturated carbocycles. The maximum atomic E-state index is 5.61. The maximum absolute atomic E-state index is 5.61. The van der Waals surface area contributed by atoms with E-state index in [4.69, 9.17) is 19.3 Å². The van der Waals surface area contributed by atoms with Crippen LogP contribution in [0.4, 0.5) is 0 Å². The van der Waals surface area contributed by atoms with E-state index in [-0.39, 0.29) is 0 Å². The van der Waals surface area contributed by atoms with Crippen LogP contribution in [0, 0.1) is 5.92 Å². The Balaban J connectivity index is 1.52. The summed E-state index contributed by atoms with van der Waals surface area (Å²) in [7, 11) is 5.02. The molecule has 3 aromatic rings. The number of hydrogen-bond acceptors (Lipinski definition) is 7. The fraction of sp³-hybridized carbons (Fsp3) is 0.375. The van der Waals surface area contributed by atoms with Gasteiger partial charge in [-0.15, -0.1) is 10.2 Å². The monoisotopic (exact) mass is 450 g/mol. The zero-order chi connectivity index (χ0) is 22.1. The lowest BCUT2D eigenvalue weighted by molar-refractivity contribution is 0.404. The molecular formula is C24H26N4O3S. The van der Waals surface area contributed by atoms with Crippen molar-refractivity contribution in [1.82, 2.24) is 14.9 Å². The predicted octanol–water partition coefficient (Wildman–Crippen LogP) is 4.67. The minimum absolute atomic E-state index is 0.628. The molecule has 1 fully saturated rings. The van der Waals surface area contributed by atoms with E-state index in [9.17, 15) is 0 Å². The van der Waals surface area contributed by atoms with E-state index < -0.39 is 0 Å². The Kier molecular flexibility index (Phi) is 5.78. The molecule has 8 heteroatoms. The molecule has 0 radical (unpaired) electrons. The van der Waals surface area contributed by atoms with E-state index in [0.717, 1.165) is 51.6 Å². The van der Waals surface area contributed by atoms with Crippen molar-refractivity contribution in [2.45, 2.75) is 30.8 Å². The van der Waals surface area contributed by atoms with Crippen molar-refractivity contribution < 1.29 is 14.2 Å². The highest BCUT2D eigenvalue weighted by Gasteiger charge is 2.24. The van der Waals surface area contributed by atoms with Crippen LogP contribution in [0.25, 0.3) is 11.4 Å². The summed E-state index contributed by atoms with van der Waals surface area (Å²) in [5.74, 6) is 4.61. The van der Waals surface area contributed by atoms with Crippen LogP contribution in [0.2, 0.25) is 0 Å². The lowest BCUT2D eigenvalue weighted by Crippen LogP contribution is -2.14. The van der Waals surface area contributed by atoms with Crippen LogP contribution in [0.5, 0.6) is 17.2 Å². The average Bonchev–Trinajstić information content (AvgIpc) is 3.58. The molecule has 0 spiro atoms. The van der Waals surface area contributed by atoms with Gasteiger partial charge in [-0.25, -0.2) is 0 Å². The van der Waals surface area contributed by atoms with E-state index in [0.29, 0.717) is 11.6 Å². The Bertz CT molecular complexity index is 1170. The molecule has 5 rings (SSSR count). The van der Waals surface area contributed by atoms with Crippen molar-refractivity contribution in [3.05, 3.63) is 47.5 Å². The number of hydrogen-bond donors (Lipinski definition) is 0.